The van der Waals surface area contributed by atoms with Crippen molar-refractivity contribution in [2.24, 2.45) is 0 Å². The summed E-state index contributed by atoms with van der Waals surface area (Å²) >= 11 is 0. The molecule has 0 saturated carbocycles. The van der Waals surface area contributed by atoms with Crippen LogP contribution in [0.5, 0.6) is 0 Å². The summed E-state index contributed by atoms with van der Waals surface area (Å²) in [6.45, 7) is 8.11. The van der Waals surface area contributed by atoms with E-state index in [1.54, 1.807) is 0 Å². The van der Waals surface area contributed by atoms with Gasteiger partial charge in [0.2, 0.25) is 0 Å². The number of carbonyl (C=O) groups excluding carboxylic acids is 1. The zero-order valence-corrected chi connectivity index (χ0v) is 16.2. The van der Waals surface area contributed by atoms with E-state index in [9.17, 15) is 4.79 Å². The van der Waals surface area contributed by atoms with Crippen molar-refractivity contribution in [3.8, 4) is 0 Å². The summed E-state index contributed by atoms with van der Waals surface area (Å²) < 4.78 is 11.9. The van der Waals surface area contributed by atoms with Crippen LogP contribution in [0.4, 0.5) is 0 Å². The maximum absolute atomic E-state index is 13.1. The van der Waals surface area contributed by atoms with Gasteiger partial charge in [0.1, 0.15) is 5.69 Å². The third kappa shape index (κ3) is 4.03. The number of fused-ring (bicyclic) bond motifs is 1. The Hall–Kier alpha value is -1.89. The summed E-state index contributed by atoms with van der Waals surface area (Å²) in [5.41, 5.74) is 1.59. The smallest absolute Gasteiger partial charge is 0.272 e. The lowest BCUT2D eigenvalue weighted by Crippen LogP contribution is -2.52. The topological polar surface area (TPSA) is 57.8 Å². The van der Waals surface area contributed by atoms with Gasteiger partial charge >= 0.3 is 0 Å². The molecule has 0 bridgehead atoms. The molecule has 1 atom stereocenters. The number of rotatable bonds is 4. The fourth-order valence-electron chi connectivity index (χ4n) is 4.02. The van der Waals surface area contributed by atoms with E-state index in [1.165, 1.54) is 0 Å². The normalized spacial score (nSPS) is 22.6. The number of aromatic nitrogens is 1. The van der Waals surface area contributed by atoms with E-state index < -0.39 is 0 Å². The molecule has 2 aliphatic rings. The van der Waals surface area contributed by atoms with E-state index in [2.05, 4.69) is 23.7 Å². The Morgan fingerprint density at radius 2 is 2.00 bits per heavy atom. The zero-order valence-electron chi connectivity index (χ0n) is 16.2. The first kappa shape index (κ1) is 18.5. The number of morpholine rings is 1. The molecule has 4 rings (SSSR count). The number of nitrogens with zero attached hydrogens (tertiary/aromatic N) is 2. The number of carbonyl (C=O) groups is 1. The molecule has 0 aliphatic carbocycles. The number of piperidine rings is 1. The maximum Gasteiger partial charge on any atom is 0.272 e. The van der Waals surface area contributed by atoms with Crippen LogP contribution in [0, 0.1) is 0 Å². The Morgan fingerprint density at radius 1 is 1.22 bits per heavy atom. The van der Waals surface area contributed by atoms with E-state index in [1.807, 2.05) is 35.2 Å². The second-order valence-electron chi connectivity index (χ2n) is 7.76. The lowest BCUT2D eigenvalue weighted by atomic mass is 10.1. The number of ether oxygens (including phenoxy) is 2. The second kappa shape index (κ2) is 8.00. The molecule has 1 aromatic heterocycles. The Bertz CT molecular complexity index is 747. The first-order chi connectivity index (χ1) is 13.1. The Labute approximate surface area is 160 Å². The van der Waals surface area contributed by atoms with Crippen LogP contribution in [-0.2, 0) is 9.47 Å². The standard InChI is InChI=1S/C21H29N3O3/c1-15(2)23-9-7-17(8-10-23)27-20-14-26-12-11-24(20)21(25)19-13-16-5-3-4-6-18(16)22-19/h3-6,13,15,17,20,22H,7-12,14H2,1-2H3. The minimum absolute atomic E-state index is 0.0147. The number of hydrogen-bond acceptors (Lipinski definition) is 4. The Kier molecular flexibility index (Phi) is 5.48. The summed E-state index contributed by atoms with van der Waals surface area (Å²) in [7, 11) is 0. The van der Waals surface area contributed by atoms with Crippen LogP contribution in [0.1, 0.15) is 37.2 Å². The van der Waals surface area contributed by atoms with Crippen LogP contribution in [-0.4, -0.2) is 71.9 Å². The van der Waals surface area contributed by atoms with Gasteiger partial charge in [0.15, 0.2) is 6.23 Å². The van der Waals surface area contributed by atoms with Crippen molar-refractivity contribution in [2.75, 3.05) is 32.8 Å². The molecule has 2 aromatic rings. The summed E-state index contributed by atoms with van der Waals surface area (Å²) in [4.78, 5) is 20.7. The number of benzene rings is 1. The minimum atomic E-state index is -0.312. The van der Waals surface area contributed by atoms with Crippen LogP contribution in [0.3, 0.4) is 0 Å². The molecule has 2 saturated heterocycles. The lowest BCUT2D eigenvalue weighted by molar-refractivity contribution is -0.157. The van der Waals surface area contributed by atoms with E-state index >= 15 is 0 Å². The molecule has 1 aromatic carbocycles. The molecule has 1 N–H and O–H groups in total. The van der Waals surface area contributed by atoms with Crippen molar-refractivity contribution in [3.05, 3.63) is 36.0 Å². The quantitative estimate of drug-likeness (QED) is 0.898. The molecule has 1 amide bonds. The van der Waals surface area contributed by atoms with E-state index in [0.717, 1.165) is 36.8 Å². The highest BCUT2D eigenvalue weighted by atomic mass is 16.6. The van der Waals surface area contributed by atoms with Crippen LogP contribution in [0.2, 0.25) is 0 Å². The predicted molar refractivity (Wildman–Crippen MR) is 105 cm³/mol. The summed E-state index contributed by atoms with van der Waals surface area (Å²) in [5.74, 6) is -0.0147. The highest BCUT2D eigenvalue weighted by Gasteiger charge is 2.33. The summed E-state index contributed by atoms with van der Waals surface area (Å²) in [6, 6.07) is 10.4. The zero-order chi connectivity index (χ0) is 18.8. The Morgan fingerprint density at radius 3 is 2.74 bits per heavy atom. The number of H-pyrrole nitrogens is 1. The largest absolute Gasteiger partial charge is 0.375 e. The van der Waals surface area contributed by atoms with E-state index in [-0.39, 0.29) is 18.2 Å². The van der Waals surface area contributed by atoms with Gasteiger partial charge in [-0.1, -0.05) is 18.2 Å². The number of likely N-dealkylation sites (tertiary alicyclic amines) is 1. The van der Waals surface area contributed by atoms with Crippen molar-refractivity contribution in [2.45, 2.75) is 45.1 Å². The maximum atomic E-state index is 13.1. The lowest BCUT2D eigenvalue weighted by Gasteiger charge is -2.40. The van der Waals surface area contributed by atoms with Crippen LogP contribution in [0.25, 0.3) is 10.9 Å². The number of hydrogen-bond donors (Lipinski definition) is 1. The number of aromatic amines is 1. The van der Waals surface area contributed by atoms with Crippen molar-refractivity contribution >= 4 is 16.8 Å². The highest BCUT2D eigenvalue weighted by molar-refractivity contribution is 5.98. The number of nitrogens with one attached hydrogen (secondary N) is 1. The predicted octanol–water partition coefficient (Wildman–Crippen LogP) is 2.86. The molecule has 0 spiro atoms. The van der Waals surface area contributed by atoms with Crippen molar-refractivity contribution < 1.29 is 14.3 Å². The highest BCUT2D eigenvalue weighted by Crippen LogP contribution is 2.22. The molecule has 6 nitrogen and oxygen atoms in total. The monoisotopic (exact) mass is 371 g/mol. The molecule has 2 aliphatic heterocycles. The average Bonchev–Trinajstić information content (AvgIpc) is 3.12. The molecule has 27 heavy (non-hydrogen) atoms. The molecule has 146 valence electrons. The van der Waals surface area contributed by atoms with Gasteiger partial charge < -0.3 is 24.3 Å². The van der Waals surface area contributed by atoms with Gasteiger partial charge in [0.25, 0.3) is 5.91 Å². The van der Waals surface area contributed by atoms with Crippen LogP contribution < -0.4 is 0 Å². The SMILES string of the molecule is CC(C)N1CCC(OC2COCCN2C(=O)c2cc3ccccc3[nH]2)CC1. The van der Waals surface area contributed by atoms with E-state index in [4.69, 9.17) is 9.47 Å². The van der Waals surface area contributed by atoms with Crippen molar-refractivity contribution in [1.29, 1.82) is 0 Å². The molecule has 1 unspecified atom stereocenters. The molecular formula is C21H29N3O3. The first-order valence-electron chi connectivity index (χ1n) is 9.98. The summed E-state index contributed by atoms with van der Waals surface area (Å²) in [6.07, 6.45) is 1.88. The third-order valence-corrected chi connectivity index (χ3v) is 5.66. The molecule has 6 heteroatoms. The fourth-order valence-corrected chi connectivity index (χ4v) is 4.02. The van der Waals surface area contributed by atoms with Gasteiger partial charge in [-0.2, -0.15) is 0 Å². The second-order valence-corrected chi connectivity index (χ2v) is 7.76. The van der Waals surface area contributed by atoms with Gasteiger partial charge in [-0.3, -0.25) is 4.79 Å². The van der Waals surface area contributed by atoms with Gasteiger partial charge in [0.05, 0.1) is 19.3 Å². The number of para-hydroxylation sites is 1. The molecule has 3 heterocycles. The van der Waals surface area contributed by atoms with Crippen molar-refractivity contribution in [1.82, 2.24) is 14.8 Å². The first-order valence-corrected chi connectivity index (χ1v) is 9.98. The minimum Gasteiger partial charge on any atom is -0.375 e. The fraction of sp³-hybridized carbons (Fsp3) is 0.571. The van der Waals surface area contributed by atoms with Gasteiger partial charge in [-0.15, -0.1) is 0 Å². The summed E-state index contributed by atoms with van der Waals surface area (Å²) in [5, 5.41) is 1.05. The average molecular weight is 371 g/mol. The van der Waals surface area contributed by atoms with Gasteiger partial charge in [-0.05, 0) is 38.8 Å². The molecule has 0 radical (unpaired) electrons. The van der Waals surface area contributed by atoms with E-state index in [0.29, 0.717) is 31.5 Å². The van der Waals surface area contributed by atoms with Crippen LogP contribution >= 0.6 is 0 Å². The van der Waals surface area contributed by atoms with Gasteiger partial charge in [0, 0.05) is 36.6 Å². The third-order valence-electron chi connectivity index (χ3n) is 5.66. The Balaban J connectivity index is 1.43. The van der Waals surface area contributed by atoms with Gasteiger partial charge in [-0.25, -0.2) is 0 Å². The van der Waals surface area contributed by atoms with Crippen LogP contribution in [0.15, 0.2) is 30.3 Å². The van der Waals surface area contributed by atoms with Crippen molar-refractivity contribution in [3.63, 3.8) is 0 Å². The number of amides is 1. The molecule has 2 fully saturated rings. The molecular weight excluding hydrogens is 342 g/mol.